The third-order valence-electron chi connectivity index (χ3n) is 9.05. The number of carbonyl (C=O) groups is 2. The van der Waals surface area contributed by atoms with E-state index in [1.54, 1.807) is 6.08 Å². The van der Waals surface area contributed by atoms with Gasteiger partial charge in [0.1, 0.15) is 19.3 Å². The molecule has 0 aliphatic carbocycles. The van der Waals surface area contributed by atoms with Gasteiger partial charge in [0.2, 0.25) is 0 Å². The molecule has 2 atom stereocenters. The number of esters is 2. The van der Waals surface area contributed by atoms with Crippen molar-refractivity contribution in [1.82, 2.24) is 0 Å². The van der Waals surface area contributed by atoms with Crippen molar-refractivity contribution in [3.63, 3.8) is 0 Å². The van der Waals surface area contributed by atoms with E-state index in [0.717, 1.165) is 44.9 Å². The van der Waals surface area contributed by atoms with Crippen molar-refractivity contribution in [2.24, 2.45) is 0 Å². The Morgan fingerprint density at radius 2 is 0.925 bits per heavy atom. The second-order valence-electron chi connectivity index (χ2n) is 14.3. The van der Waals surface area contributed by atoms with Crippen molar-refractivity contribution in [2.75, 3.05) is 13.2 Å². The smallest absolute Gasteiger partial charge is 0.306 e. The first-order valence-corrected chi connectivity index (χ1v) is 21.6. The van der Waals surface area contributed by atoms with Gasteiger partial charge in [0, 0.05) is 12.8 Å². The summed E-state index contributed by atoms with van der Waals surface area (Å²) in [6.45, 7) is 4.04. The molecule has 0 bridgehead atoms. The number of rotatable bonds is 38. The molecule has 304 valence electrons. The Balaban J connectivity index is 3.57. The summed E-state index contributed by atoms with van der Waals surface area (Å²) in [5, 5.41) is 19.8. The van der Waals surface area contributed by atoms with E-state index in [9.17, 15) is 19.8 Å². The van der Waals surface area contributed by atoms with Crippen LogP contribution in [0.5, 0.6) is 0 Å². The zero-order chi connectivity index (χ0) is 38.7. The maximum Gasteiger partial charge on any atom is 0.306 e. The molecular weight excluding hydrogens is 661 g/mol. The normalized spacial score (nSPS) is 13.5. The maximum absolute atomic E-state index is 12.0. The van der Waals surface area contributed by atoms with Gasteiger partial charge in [-0.15, -0.1) is 0 Å². The fourth-order valence-electron chi connectivity index (χ4n) is 5.78. The Morgan fingerprint density at radius 1 is 0.491 bits per heavy atom. The molecule has 1 unspecified atom stereocenters. The van der Waals surface area contributed by atoms with Crippen LogP contribution in [0, 0.1) is 0 Å². The molecule has 0 heterocycles. The van der Waals surface area contributed by atoms with Crippen molar-refractivity contribution >= 4 is 11.9 Å². The molecule has 0 spiro atoms. The summed E-state index contributed by atoms with van der Waals surface area (Å²) in [5.74, 6) is -0.679. The summed E-state index contributed by atoms with van der Waals surface area (Å²) in [7, 11) is 0. The van der Waals surface area contributed by atoms with Gasteiger partial charge in [-0.25, -0.2) is 0 Å². The molecule has 6 heteroatoms. The van der Waals surface area contributed by atoms with E-state index in [-0.39, 0.29) is 31.6 Å². The van der Waals surface area contributed by atoms with Crippen molar-refractivity contribution in [1.29, 1.82) is 0 Å². The van der Waals surface area contributed by atoms with Crippen molar-refractivity contribution in [3.05, 3.63) is 72.9 Å². The quantitative estimate of drug-likeness (QED) is 0.0283. The van der Waals surface area contributed by atoms with Gasteiger partial charge in [-0.1, -0.05) is 202 Å². The second-order valence-corrected chi connectivity index (χ2v) is 14.3. The van der Waals surface area contributed by atoms with Crippen LogP contribution in [0.1, 0.15) is 187 Å². The first kappa shape index (κ1) is 50.3. The highest BCUT2D eigenvalue weighted by Crippen LogP contribution is 2.15. The van der Waals surface area contributed by atoms with Crippen LogP contribution in [-0.2, 0) is 19.1 Å². The molecule has 0 aromatic heterocycles. The highest BCUT2D eigenvalue weighted by molar-refractivity contribution is 5.70. The molecule has 53 heavy (non-hydrogen) atoms. The summed E-state index contributed by atoms with van der Waals surface area (Å²) in [4.78, 5) is 24.0. The van der Waals surface area contributed by atoms with Gasteiger partial charge in [0.05, 0.1) is 6.10 Å². The van der Waals surface area contributed by atoms with Crippen LogP contribution in [0.15, 0.2) is 72.9 Å². The molecule has 0 saturated carbocycles. The molecule has 0 radical (unpaired) electrons. The van der Waals surface area contributed by atoms with E-state index in [0.29, 0.717) is 19.3 Å². The first-order chi connectivity index (χ1) is 26.0. The molecule has 0 fully saturated rings. The van der Waals surface area contributed by atoms with E-state index in [2.05, 4.69) is 50.3 Å². The van der Waals surface area contributed by atoms with Gasteiger partial charge in [-0.3, -0.25) is 9.59 Å². The van der Waals surface area contributed by atoms with Gasteiger partial charge >= 0.3 is 11.9 Å². The van der Waals surface area contributed by atoms with Crippen LogP contribution < -0.4 is 0 Å². The summed E-state index contributed by atoms with van der Waals surface area (Å²) in [6.07, 6.45) is 53.1. The lowest BCUT2D eigenvalue weighted by Gasteiger charge is -2.12. The van der Waals surface area contributed by atoms with E-state index >= 15 is 0 Å². The van der Waals surface area contributed by atoms with Crippen LogP contribution >= 0.6 is 0 Å². The molecule has 0 aliphatic rings. The molecule has 0 aliphatic heterocycles. The van der Waals surface area contributed by atoms with E-state index in [1.807, 2.05) is 30.4 Å². The second kappa shape index (κ2) is 42.0. The Bertz CT molecular complexity index is 991. The number of unbranched alkanes of at least 4 members (excludes halogenated alkanes) is 18. The Kier molecular flexibility index (Phi) is 39.9. The number of ether oxygens (including phenoxy) is 2. The monoisotopic (exact) mass is 741 g/mol. The fraction of sp³-hybridized carbons (Fsp3) is 0.702. The molecule has 0 amide bonds. The number of aliphatic hydroxyl groups is 2. The zero-order valence-corrected chi connectivity index (χ0v) is 34.1. The topological polar surface area (TPSA) is 93.1 Å². The largest absolute Gasteiger partial charge is 0.463 e. The highest BCUT2D eigenvalue weighted by atomic mass is 16.6. The summed E-state index contributed by atoms with van der Waals surface area (Å²) in [6, 6.07) is 0. The molecular formula is C47H80O6. The van der Waals surface area contributed by atoms with E-state index in [4.69, 9.17) is 9.47 Å². The Labute approximate surface area is 326 Å². The molecule has 0 rings (SSSR count). The predicted octanol–water partition coefficient (Wildman–Crippen LogP) is 12.7. The average Bonchev–Trinajstić information content (AvgIpc) is 3.15. The number of hydrogen-bond donors (Lipinski definition) is 2. The fourth-order valence-corrected chi connectivity index (χ4v) is 5.78. The lowest BCUT2D eigenvalue weighted by molar-refractivity contribution is -0.152. The highest BCUT2D eigenvalue weighted by Gasteiger charge is 2.11. The molecule has 0 saturated heterocycles. The minimum absolute atomic E-state index is 0.150. The molecule has 0 aromatic rings. The SMILES string of the molecule is CC/C=C\CC(O)/C=C/C=C/C/C=C\C/C=C\C/C=C\CCC(=O)OC[C@H](O)COC(=O)CCCCCCCCCCCCCCCCCCCCC. The van der Waals surface area contributed by atoms with Gasteiger partial charge < -0.3 is 19.7 Å². The Hall–Kier alpha value is -2.70. The molecule has 6 nitrogen and oxygen atoms in total. The molecule has 0 aromatic carbocycles. The standard InChI is InChI=1S/C47H80O6/c1-3-5-7-8-9-10-11-12-13-14-15-16-17-20-23-26-29-32-36-40-46(50)52-42-45(49)43-53-47(51)41-37-33-30-27-24-21-18-19-22-25-28-31-35-39-44(48)38-34-6-4-2/h6,19,21-22,24,28,30-31,33-35,39,44-45,48-49H,3-5,7-18,20,23,25-27,29,32,36-38,40-43H2,1-2H3/b22-19-,24-21-,31-28+,33-30-,34-6-,39-35+/t44?,45-/m1/s1. The van der Waals surface area contributed by atoms with Crippen LogP contribution in [-0.4, -0.2) is 47.6 Å². The average molecular weight is 741 g/mol. The van der Waals surface area contributed by atoms with Crippen molar-refractivity contribution < 1.29 is 29.3 Å². The lowest BCUT2D eigenvalue weighted by atomic mass is 10.0. The number of hydrogen-bond acceptors (Lipinski definition) is 6. The van der Waals surface area contributed by atoms with Crippen LogP contribution in [0.4, 0.5) is 0 Å². The van der Waals surface area contributed by atoms with Gasteiger partial charge in [0.25, 0.3) is 0 Å². The van der Waals surface area contributed by atoms with E-state index in [1.165, 1.54) is 103 Å². The van der Waals surface area contributed by atoms with Crippen molar-refractivity contribution in [2.45, 2.75) is 199 Å². The third kappa shape index (κ3) is 41.9. The maximum atomic E-state index is 12.0. The third-order valence-corrected chi connectivity index (χ3v) is 9.05. The number of carbonyl (C=O) groups excluding carboxylic acids is 2. The van der Waals surface area contributed by atoms with Crippen molar-refractivity contribution in [3.8, 4) is 0 Å². The van der Waals surface area contributed by atoms with Gasteiger partial charge in [-0.05, 0) is 44.9 Å². The zero-order valence-electron chi connectivity index (χ0n) is 34.1. The summed E-state index contributed by atoms with van der Waals surface area (Å²) >= 11 is 0. The summed E-state index contributed by atoms with van der Waals surface area (Å²) in [5.41, 5.74) is 0. The molecule has 2 N–H and O–H groups in total. The van der Waals surface area contributed by atoms with Crippen LogP contribution in [0.2, 0.25) is 0 Å². The number of aliphatic hydroxyl groups excluding tert-OH is 2. The van der Waals surface area contributed by atoms with Gasteiger partial charge in [-0.2, -0.15) is 0 Å². The van der Waals surface area contributed by atoms with E-state index < -0.39 is 12.2 Å². The Morgan fingerprint density at radius 3 is 1.42 bits per heavy atom. The summed E-state index contributed by atoms with van der Waals surface area (Å²) < 4.78 is 10.3. The predicted molar refractivity (Wildman–Crippen MR) is 225 cm³/mol. The van der Waals surface area contributed by atoms with Crippen LogP contribution in [0.3, 0.4) is 0 Å². The first-order valence-electron chi connectivity index (χ1n) is 21.6. The minimum Gasteiger partial charge on any atom is -0.463 e. The van der Waals surface area contributed by atoms with Crippen LogP contribution in [0.25, 0.3) is 0 Å². The number of allylic oxidation sites excluding steroid dienone is 10. The lowest BCUT2D eigenvalue weighted by Crippen LogP contribution is -2.25. The van der Waals surface area contributed by atoms with Gasteiger partial charge in [0.15, 0.2) is 0 Å². The minimum atomic E-state index is -1.01.